The van der Waals surface area contributed by atoms with Crippen LogP contribution in [0.4, 0.5) is 30.5 Å². The standard InChI is InChI=1S/C14H12ClF3N4O/c1-2-13(23)20-12-6-5-11(21-22-12)19-10-4-3-8(15)7-9(10)14(16,17)18/h3-7H,2H2,1H3,(H,19,21)(H,20,22,23). The lowest BCUT2D eigenvalue weighted by molar-refractivity contribution is -0.136. The predicted molar refractivity (Wildman–Crippen MR) is 80.7 cm³/mol. The molecule has 0 fully saturated rings. The van der Waals surface area contributed by atoms with E-state index in [-0.39, 0.29) is 34.7 Å². The molecular formula is C14H12ClF3N4O. The van der Waals surface area contributed by atoms with Crippen molar-refractivity contribution in [1.29, 1.82) is 0 Å². The summed E-state index contributed by atoms with van der Waals surface area (Å²) < 4.78 is 39.0. The summed E-state index contributed by atoms with van der Waals surface area (Å²) in [7, 11) is 0. The lowest BCUT2D eigenvalue weighted by Crippen LogP contribution is -2.12. The third-order valence-electron chi connectivity index (χ3n) is 2.80. The molecule has 0 atom stereocenters. The van der Waals surface area contributed by atoms with Crippen LogP contribution in [0, 0.1) is 0 Å². The van der Waals surface area contributed by atoms with Gasteiger partial charge in [0.2, 0.25) is 5.91 Å². The number of nitrogens with one attached hydrogen (secondary N) is 2. The third-order valence-corrected chi connectivity index (χ3v) is 3.04. The summed E-state index contributed by atoms with van der Waals surface area (Å²) in [5.74, 6) is 0.0824. The van der Waals surface area contributed by atoms with Crippen LogP contribution in [0.15, 0.2) is 30.3 Å². The normalized spacial score (nSPS) is 11.2. The first-order valence-corrected chi connectivity index (χ1v) is 6.94. The Bertz CT molecular complexity index is 704. The highest BCUT2D eigenvalue weighted by Crippen LogP contribution is 2.37. The molecule has 5 nitrogen and oxygen atoms in total. The van der Waals surface area contributed by atoms with Crippen molar-refractivity contribution < 1.29 is 18.0 Å². The molecule has 2 aromatic rings. The van der Waals surface area contributed by atoms with Gasteiger partial charge in [-0.15, -0.1) is 10.2 Å². The van der Waals surface area contributed by atoms with Gasteiger partial charge < -0.3 is 10.6 Å². The minimum Gasteiger partial charge on any atom is -0.338 e. The molecule has 0 bridgehead atoms. The van der Waals surface area contributed by atoms with E-state index >= 15 is 0 Å². The summed E-state index contributed by atoms with van der Waals surface area (Å²) in [6, 6.07) is 6.22. The van der Waals surface area contributed by atoms with Gasteiger partial charge in [0.15, 0.2) is 11.6 Å². The van der Waals surface area contributed by atoms with E-state index in [1.54, 1.807) is 6.92 Å². The van der Waals surface area contributed by atoms with E-state index in [4.69, 9.17) is 11.6 Å². The van der Waals surface area contributed by atoms with Gasteiger partial charge in [0.1, 0.15) is 0 Å². The van der Waals surface area contributed by atoms with Crippen LogP contribution in [-0.4, -0.2) is 16.1 Å². The fraction of sp³-hybridized carbons (Fsp3) is 0.214. The van der Waals surface area contributed by atoms with Gasteiger partial charge in [0.05, 0.1) is 11.3 Å². The summed E-state index contributed by atoms with van der Waals surface area (Å²) in [4.78, 5) is 11.2. The van der Waals surface area contributed by atoms with Gasteiger partial charge in [-0.1, -0.05) is 18.5 Å². The van der Waals surface area contributed by atoms with E-state index in [9.17, 15) is 18.0 Å². The summed E-state index contributed by atoms with van der Waals surface area (Å²) in [5.41, 5.74) is -1.10. The minimum absolute atomic E-state index is 0.0217. The molecule has 0 aliphatic rings. The molecule has 0 unspecified atom stereocenters. The van der Waals surface area contributed by atoms with Gasteiger partial charge in [-0.2, -0.15) is 13.2 Å². The van der Waals surface area contributed by atoms with Gasteiger partial charge in [0, 0.05) is 11.4 Å². The predicted octanol–water partition coefficient (Wildman–Crippen LogP) is 4.24. The Morgan fingerprint density at radius 1 is 1.17 bits per heavy atom. The van der Waals surface area contributed by atoms with E-state index in [1.807, 2.05) is 0 Å². The summed E-state index contributed by atoms with van der Waals surface area (Å²) in [5, 5.41) is 12.5. The second-order valence-corrected chi connectivity index (χ2v) is 4.95. The molecule has 0 aliphatic heterocycles. The van der Waals surface area contributed by atoms with Crippen LogP contribution < -0.4 is 10.6 Å². The maximum absolute atomic E-state index is 13.0. The van der Waals surface area contributed by atoms with Crippen LogP contribution in [-0.2, 0) is 11.0 Å². The van der Waals surface area contributed by atoms with Crippen molar-refractivity contribution in [3.8, 4) is 0 Å². The summed E-state index contributed by atoms with van der Waals surface area (Å²) >= 11 is 5.61. The van der Waals surface area contributed by atoms with Crippen molar-refractivity contribution in [1.82, 2.24) is 10.2 Å². The lowest BCUT2D eigenvalue weighted by Gasteiger charge is -2.14. The molecule has 1 aromatic heterocycles. The molecule has 1 amide bonds. The highest BCUT2D eigenvalue weighted by molar-refractivity contribution is 6.30. The number of carbonyl (C=O) groups is 1. The first-order valence-electron chi connectivity index (χ1n) is 6.57. The van der Waals surface area contributed by atoms with Crippen LogP contribution in [0.2, 0.25) is 5.02 Å². The number of amides is 1. The number of carbonyl (C=O) groups excluding carboxylic acids is 1. The average Bonchev–Trinajstić information content (AvgIpc) is 2.50. The second kappa shape index (κ2) is 6.82. The topological polar surface area (TPSA) is 66.9 Å². The van der Waals surface area contributed by atoms with Gasteiger partial charge in [-0.05, 0) is 30.3 Å². The first kappa shape index (κ1) is 17.0. The molecule has 2 rings (SSSR count). The number of rotatable bonds is 4. The molecular weight excluding hydrogens is 333 g/mol. The zero-order chi connectivity index (χ0) is 17.0. The van der Waals surface area contributed by atoms with Gasteiger partial charge in [0.25, 0.3) is 0 Å². The zero-order valence-corrected chi connectivity index (χ0v) is 12.7. The molecule has 0 saturated carbocycles. The summed E-state index contributed by atoms with van der Waals surface area (Å²) in [6.07, 6.45) is -4.28. The number of halogens is 4. The van der Waals surface area contributed by atoms with Crippen molar-refractivity contribution in [2.75, 3.05) is 10.6 Å². The molecule has 1 aromatic carbocycles. The molecule has 122 valence electrons. The van der Waals surface area contributed by atoms with E-state index in [2.05, 4.69) is 20.8 Å². The fourth-order valence-electron chi connectivity index (χ4n) is 1.69. The molecule has 0 saturated heterocycles. The highest BCUT2D eigenvalue weighted by Gasteiger charge is 2.33. The minimum atomic E-state index is -4.56. The Morgan fingerprint density at radius 2 is 1.83 bits per heavy atom. The van der Waals surface area contributed by atoms with Crippen molar-refractivity contribution >= 4 is 34.8 Å². The number of aromatic nitrogens is 2. The summed E-state index contributed by atoms with van der Waals surface area (Å²) in [6.45, 7) is 1.68. The second-order valence-electron chi connectivity index (χ2n) is 4.52. The van der Waals surface area contributed by atoms with Crippen molar-refractivity contribution in [3.63, 3.8) is 0 Å². The molecule has 0 aliphatic carbocycles. The van der Waals surface area contributed by atoms with Crippen molar-refractivity contribution in [2.24, 2.45) is 0 Å². The molecule has 9 heteroatoms. The van der Waals surface area contributed by atoms with Crippen LogP contribution in [0.3, 0.4) is 0 Å². The quantitative estimate of drug-likeness (QED) is 0.870. The average molecular weight is 345 g/mol. The highest BCUT2D eigenvalue weighted by atomic mass is 35.5. The molecule has 1 heterocycles. The van der Waals surface area contributed by atoms with E-state index < -0.39 is 11.7 Å². The largest absolute Gasteiger partial charge is 0.418 e. The van der Waals surface area contributed by atoms with Crippen molar-refractivity contribution in [2.45, 2.75) is 19.5 Å². The van der Waals surface area contributed by atoms with E-state index in [0.717, 1.165) is 6.07 Å². The zero-order valence-electron chi connectivity index (χ0n) is 11.9. The van der Waals surface area contributed by atoms with E-state index in [0.29, 0.717) is 0 Å². The lowest BCUT2D eigenvalue weighted by atomic mass is 10.1. The van der Waals surface area contributed by atoms with Crippen LogP contribution >= 0.6 is 11.6 Å². The van der Waals surface area contributed by atoms with Gasteiger partial charge in [-0.3, -0.25) is 4.79 Å². The number of nitrogens with zero attached hydrogens (tertiary/aromatic N) is 2. The monoisotopic (exact) mass is 344 g/mol. The van der Waals surface area contributed by atoms with Gasteiger partial charge in [-0.25, -0.2) is 0 Å². The van der Waals surface area contributed by atoms with Crippen LogP contribution in [0.1, 0.15) is 18.9 Å². The molecule has 0 spiro atoms. The Labute approximate surface area is 134 Å². The first-order chi connectivity index (χ1) is 10.8. The molecule has 2 N–H and O–H groups in total. The smallest absolute Gasteiger partial charge is 0.338 e. The number of benzene rings is 1. The Morgan fingerprint density at radius 3 is 2.39 bits per heavy atom. The fourth-order valence-corrected chi connectivity index (χ4v) is 1.87. The SMILES string of the molecule is CCC(=O)Nc1ccc(Nc2ccc(Cl)cc2C(F)(F)F)nn1. The number of hydrogen-bond donors (Lipinski definition) is 2. The van der Waals surface area contributed by atoms with Gasteiger partial charge >= 0.3 is 6.18 Å². The number of alkyl halides is 3. The van der Waals surface area contributed by atoms with Crippen LogP contribution in [0.25, 0.3) is 0 Å². The maximum atomic E-state index is 13.0. The van der Waals surface area contributed by atoms with Crippen molar-refractivity contribution in [3.05, 3.63) is 40.9 Å². The Balaban J connectivity index is 2.21. The number of hydrogen-bond acceptors (Lipinski definition) is 4. The molecule has 0 radical (unpaired) electrons. The Kier molecular flexibility index (Phi) is 5.05. The van der Waals surface area contributed by atoms with Crippen LogP contribution in [0.5, 0.6) is 0 Å². The van der Waals surface area contributed by atoms with E-state index in [1.165, 1.54) is 24.3 Å². The third kappa shape index (κ3) is 4.56. The Hall–Kier alpha value is -2.35. The number of anilines is 3. The molecule has 23 heavy (non-hydrogen) atoms. The maximum Gasteiger partial charge on any atom is 0.418 e.